The average molecular weight is 292 g/mol. The monoisotopic (exact) mass is 292 g/mol. The Labute approximate surface area is 126 Å². The van der Waals surface area contributed by atoms with Crippen LogP contribution in [0.15, 0.2) is 35.2 Å². The van der Waals surface area contributed by atoms with Gasteiger partial charge in [-0.3, -0.25) is 4.79 Å². The molecule has 1 N–H and O–H groups in total. The second-order valence-electron chi connectivity index (χ2n) is 5.45. The highest BCUT2D eigenvalue weighted by Gasteiger charge is 2.43. The summed E-state index contributed by atoms with van der Waals surface area (Å²) in [7, 11) is 3.84. The van der Waals surface area contributed by atoms with Crippen LogP contribution in [0.4, 0.5) is 0 Å². The molecule has 0 atom stereocenters. The normalized spacial score (nSPS) is 17.1. The van der Waals surface area contributed by atoms with Gasteiger partial charge in [0.15, 0.2) is 0 Å². The van der Waals surface area contributed by atoms with Gasteiger partial charge in [0.2, 0.25) is 5.91 Å². The van der Waals surface area contributed by atoms with Crippen LogP contribution in [0.3, 0.4) is 0 Å². The molecule has 0 radical (unpaired) electrons. The maximum Gasteiger partial charge on any atom is 0.238 e. The van der Waals surface area contributed by atoms with Crippen molar-refractivity contribution in [2.24, 2.45) is 0 Å². The van der Waals surface area contributed by atoms with Crippen molar-refractivity contribution >= 4 is 17.7 Å². The summed E-state index contributed by atoms with van der Waals surface area (Å²) < 4.78 is -0.246. The number of amides is 1. The lowest BCUT2D eigenvalue weighted by Gasteiger charge is -2.32. The molecule has 0 aromatic heterocycles. The van der Waals surface area contributed by atoms with Crippen molar-refractivity contribution in [3.8, 4) is 0 Å². The number of hydrogen-bond acceptors (Lipinski definition) is 3. The minimum absolute atomic E-state index is 0.246. The van der Waals surface area contributed by atoms with Gasteiger partial charge in [0.1, 0.15) is 0 Å². The molecule has 1 aromatic carbocycles. The number of carbonyl (C=O) groups is 1. The van der Waals surface area contributed by atoms with Gasteiger partial charge in [0.25, 0.3) is 0 Å². The van der Waals surface area contributed by atoms with Crippen LogP contribution in [0.2, 0.25) is 0 Å². The number of nitrogens with one attached hydrogen (secondary N) is 1. The zero-order valence-corrected chi connectivity index (χ0v) is 13.2. The lowest BCUT2D eigenvalue weighted by Crippen LogP contribution is -2.45. The molecule has 0 unspecified atom stereocenters. The second-order valence-corrected chi connectivity index (χ2v) is 6.90. The highest BCUT2D eigenvalue weighted by Crippen LogP contribution is 2.46. The molecule has 0 saturated heterocycles. The number of thioether (sulfide) groups is 1. The topological polar surface area (TPSA) is 32.3 Å². The van der Waals surface area contributed by atoms with Crippen LogP contribution in [0.25, 0.3) is 0 Å². The quantitative estimate of drug-likeness (QED) is 0.875. The van der Waals surface area contributed by atoms with Crippen molar-refractivity contribution in [1.82, 2.24) is 10.2 Å². The van der Waals surface area contributed by atoms with Gasteiger partial charge in [-0.1, -0.05) is 31.0 Å². The van der Waals surface area contributed by atoms with Crippen LogP contribution >= 0.6 is 11.8 Å². The Kier molecular flexibility index (Phi) is 5.49. The first kappa shape index (κ1) is 15.4. The van der Waals surface area contributed by atoms with E-state index in [0.29, 0.717) is 5.91 Å². The second kappa shape index (κ2) is 7.14. The summed E-state index contributed by atoms with van der Waals surface area (Å²) in [6.45, 7) is 1.61. The first-order chi connectivity index (χ1) is 9.68. The van der Waals surface area contributed by atoms with Crippen molar-refractivity contribution in [3.05, 3.63) is 30.3 Å². The molecule has 1 fully saturated rings. The number of rotatable bonds is 6. The maximum atomic E-state index is 12.9. The van der Waals surface area contributed by atoms with Crippen LogP contribution < -0.4 is 5.32 Å². The molecule has 110 valence electrons. The van der Waals surface area contributed by atoms with E-state index >= 15 is 0 Å². The SMILES string of the molecule is CNCCN(C)C(=O)C1(Sc2ccccc2)CCCC1. The summed E-state index contributed by atoms with van der Waals surface area (Å²) in [5.74, 6) is 0.291. The van der Waals surface area contributed by atoms with Crippen molar-refractivity contribution in [3.63, 3.8) is 0 Å². The van der Waals surface area contributed by atoms with Crippen LogP contribution in [0.5, 0.6) is 0 Å². The maximum absolute atomic E-state index is 12.9. The summed E-state index contributed by atoms with van der Waals surface area (Å²) >= 11 is 1.76. The summed E-state index contributed by atoms with van der Waals surface area (Å²) in [6, 6.07) is 10.3. The number of likely N-dealkylation sites (N-methyl/N-ethyl adjacent to an activating group) is 2. The molecule has 1 aliphatic rings. The van der Waals surface area contributed by atoms with Gasteiger partial charge in [0.05, 0.1) is 4.75 Å². The molecule has 0 spiro atoms. The van der Waals surface area contributed by atoms with Gasteiger partial charge in [-0.25, -0.2) is 0 Å². The molecule has 1 saturated carbocycles. The predicted octanol–water partition coefficient (Wildman–Crippen LogP) is 2.77. The molecular weight excluding hydrogens is 268 g/mol. The Morgan fingerprint density at radius 1 is 1.30 bits per heavy atom. The molecule has 4 heteroatoms. The lowest BCUT2D eigenvalue weighted by molar-refractivity contribution is -0.132. The Morgan fingerprint density at radius 2 is 1.95 bits per heavy atom. The Balaban J connectivity index is 2.11. The molecular formula is C16H24N2OS. The Hall–Kier alpha value is -1.00. The Bertz CT molecular complexity index is 429. The molecule has 1 amide bonds. The number of hydrogen-bond donors (Lipinski definition) is 1. The van der Waals surface area contributed by atoms with E-state index in [9.17, 15) is 4.79 Å². The summed E-state index contributed by atoms with van der Waals surface area (Å²) in [6.07, 6.45) is 4.31. The fourth-order valence-corrected chi connectivity index (χ4v) is 4.23. The van der Waals surface area contributed by atoms with E-state index in [1.54, 1.807) is 11.8 Å². The Morgan fingerprint density at radius 3 is 2.55 bits per heavy atom. The fraction of sp³-hybridized carbons (Fsp3) is 0.562. The van der Waals surface area contributed by atoms with Crippen molar-refractivity contribution in [1.29, 1.82) is 0 Å². The van der Waals surface area contributed by atoms with Gasteiger partial charge in [-0.2, -0.15) is 0 Å². The minimum Gasteiger partial charge on any atom is -0.343 e. The van der Waals surface area contributed by atoms with E-state index in [1.807, 2.05) is 37.2 Å². The van der Waals surface area contributed by atoms with Crippen molar-refractivity contribution < 1.29 is 4.79 Å². The predicted molar refractivity (Wildman–Crippen MR) is 85.1 cm³/mol. The van der Waals surface area contributed by atoms with Crippen molar-refractivity contribution in [2.75, 3.05) is 27.2 Å². The third kappa shape index (κ3) is 3.55. The molecule has 0 aliphatic heterocycles. The molecule has 3 nitrogen and oxygen atoms in total. The van der Waals surface area contributed by atoms with E-state index in [1.165, 1.54) is 4.90 Å². The van der Waals surface area contributed by atoms with E-state index in [4.69, 9.17) is 0 Å². The first-order valence-corrected chi connectivity index (χ1v) is 8.14. The summed E-state index contributed by atoms with van der Waals surface area (Å²) in [5, 5.41) is 3.11. The van der Waals surface area contributed by atoms with E-state index < -0.39 is 0 Å². The first-order valence-electron chi connectivity index (χ1n) is 7.32. The molecule has 2 rings (SSSR count). The van der Waals surface area contributed by atoms with Gasteiger partial charge < -0.3 is 10.2 Å². The molecule has 0 bridgehead atoms. The van der Waals surface area contributed by atoms with Gasteiger partial charge in [-0.05, 0) is 32.0 Å². The average Bonchev–Trinajstić information content (AvgIpc) is 2.94. The largest absolute Gasteiger partial charge is 0.343 e. The zero-order valence-electron chi connectivity index (χ0n) is 12.4. The highest BCUT2D eigenvalue weighted by atomic mass is 32.2. The van der Waals surface area contributed by atoms with E-state index in [2.05, 4.69) is 17.4 Å². The van der Waals surface area contributed by atoms with E-state index in [-0.39, 0.29) is 4.75 Å². The van der Waals surface area contributed by atoms with Gasteiger partial charge >= 0.3 is 0 Å². The fourth-order valence-electron chi connectivity index (χ4n) is 2.75. The van der Waals surface area contributed by atoms with Crippen LogP contribution in [0, 0.1) is 0 Å². The standard InChI is InChI=1S/C16H24N2OS/c1-17-12-13-18(2)15(19)16(10-6-7-11-16)20-14-8-4-3-5-9-14/h3-5,8-9,17H,6-7,10-13H2,1-2H3. The molecule has 20 heavy (non-hydrogen) atoms. The lowest BCUT2D eigenvalue weighted by atomic mass is 10.1. The van der Waals surface area contributed by atoms with Gasteiger partial charge in [-0.15, -0.1) is 11.8 Å². The van der Waals surface area contributed by atoms with E-state index in [0.717, 1.165) is 38.8 Å². The summed E-state index contributed by atoms with van der Waals surface area (Å²) in [5.41, 5.74) is 0. The molecule has 1 aromatic rings. The smallest absolute Gasteiger partial charge is 0.238 e. The number of nitrogens with zero attached hydrogens (tertiary/aromatic N) is 1. The van der Waals surface area contributed by atoms with Crippen LogP contribution in [0.1, 0.15) is 25.7 Å². The summed E-state index contributed by atoms with van der Waals surface area (Å²) in [4.78, 5) is 15.9. The highest BCUT2D eigenvalue weighted by molar-refractivity contribution is 8.01. The third-order valence-electron chi connectivity index (χ3n) is 3.90. The minimum atomic E-state index is -0.246. The van der Waals surface area contributed by atoms with Gasteiger partial charge in [0, 0.05) is 25.0 Å². The molecule has 1 aliphatic carbocycles. The van der Waals surface area contributed by atoms with Crippen molar-refractivity contribution in [2.45, 2.75) is 35.3 Å². The number of carbonyl (C=O) groups excluding carboxylic acids is 1. The molecule has 0 heterocycles. The number of benzene rings is 1. The third-order valence-corrected chi connectivity index (χ3v) is 5.38. The zero-order chi connectivity index (χ0) is 14.4. The van der Waals surface area contributed by atoms with Crippen LogP contribution in [-0.4, -0.2) is 42.7 Å². The van der Waals surface area contributed by atoms with Crippen LogP contribution in [-0.2, 0) is 4.79 Å².